The maximum Gasteiger partial charge on any atom is 0.142 e. The molecule has 1 aromatic carbocycles. The third-order valence-electron chi connectivity index (χ3n) is 1.31. The molecule has 0 radical (unpaired) electrons. The van der Waals surface area contributed by atoms with Gasteiger partial charge in [0.2, 0.25) is 0 Å². The van der Waals surface area contributed by atoms with Gasteiger partial charge in [-0.3, -0.25) is 0 Å². The van der Waals surface area contributed by atoms with Crippen LogP contribution in [0.3, 0.4) is 0 Å². The molecule has 0 bridgehead atoms. The van der Waals surface area contributed by atoms with Gasteiger partial charge in [-0.1, -0.05) is 0 Å². The minimum Gasteiger partial charge on any atom is -0.495 e. The molecule has 0 heterocycles. The summed E-state index contributed by atoms with van der Waals surface area (Å²) in [6.45, 7) is 0. The number of nitrogen functional groups attached to an aromatic ring is 1. The number of hydrogen-bond donors (Lipinski definition) is 1. The van der Waals surface area contributed by atoms with Crippen LogP contribution in [0.4, 0.5) is 5.69 Å². The molecular formula is C7H7Br2NO. The molecule has 0 aliphatic carbocycles. The highest BCUT2D eigenvalue weighted by Crippen LogP contribution is 2.35. The summed E-state index contributed by atoms with van der Waals surface area (Å²) in [7, 11) is 1.59. The van der Waals surface area contributed by atoms with Gasteiger partial charge in [-0.2, -0.15) is 0 Å². The van der Waals surface area contributed by atoms with E-state index in [0.717, 1.165) is 8.95 Å². The van der Waals surface area contributed by atoms with Crippen LogP contribution in [0.15, 0.2) is 21.1 Å². The number of hydrogen-bond acceptors (Lipinski definition) is 2. The quantitative estimate of drug-likeness (QED) is 0.803. The molecule has 0 saturated heterocycles. The summed E-state index contributed by atoms with van der Waals surface area (Å²) in [6, 6.07) is 3.68. The monoisotopic (exact) mass is 279 g/mol. The minimum absolute atomic E-state index is 0.613. The van der Waals surface area contributed by atoms with Crippen LogP contribution in [-0.2, 0) is 0 Å². The van der Waals surface area contributed by atoms with Crippen molar-refractivity contribution >= 4 is 37.5 Å². The first-order valence-corrected chi connectivity index (χ1v) is 4.53. The smallest absolute Gasteiger partial charge is 0.142 e. The van der Waals surface area contributed by atoms with Gasteiger partial charge in [-0.05, 0) is 44.0 Å². The van der Waals surface area contributed by atoms with E-state index in [2.05, 4.69) is 31.9 Å². The van der Waals surface area contributed by atoms with E-state index >= 15 is 0 Å². The first kappa shape index (κ1) is 8.87. The largest absolute Gasteiger partial charge is 0.495 e. The molecule has 2 nitrogen and oxygen atoms in total. The van der Waals surface area contributed by atoms with E-state index in [-0.39, 0.29) is 0 Å². The molecule has 4 heteroatoms. The highest BCUT2D eigenvalue weighted by molar-refractivity contribution is 9.13. The van der Waals surface area contributed by atoms with Crippen molar-refractivity contribution in [2.45, 2.75) is 0 Å². The first-order chi connectivity index (χ1) is 5.16. The molecule has 0 unspecified atom stereocenters. The summed E-state index contributed by atoms with van der Waals surface area (Å²) < 4.78 is 6.76. The van der Waals surface area contributed by atoms with Crippen molar-refractivity contribution in [1.29, 1.82) is 0 Å². The SMILES string of the molecule is COc1ccc(Br)c(Br)c1N. The Morgan fingerprint density at radius 2 is 2.00 bits per heavy atom. The summed E-state index contributed by atoms with van der Waals surface area (Å²) in [5.41, 5.74) is 6.30. The lowest BCUT2D eigenvalue weighted by molar-refractivity contribution is 0.416. The van der Waals surface area contributed by atoms with Crippen LogP contribution < -0.4 is 10.5 Å². The number of anilines is 1. The third-order valence-corrected chi connectivity index (χ3v) is 3.36. The molecular weight excluding hydrogens is 274 g/mol. The normalized spacial score (nSPS) is 9.73. The van der Waals surface area contributed by atoms with Gasteiger partial charge in [-0.25, -0.2) is 0 Å². The molecule has 0 aromatic heterocycles. The Balaban J connectivity index is 3.25. The standard InChI is InChI=1S/C7H7Br2NO/c1-11-5-3-2-4(8)6(9)7(5)10/h2-3H,10H2,1H3. The lowest BCUT2D eigenvalue weighted by atomic mass is 10.3. The van der Waals surface area contributed by atoms with Gasteiger partial charge < -0.3 is 10.5 Å². The molecule has 0 fully saturated rings. The summed E-state index contributed by atoms with van der Waals surface area (Å²) in [5.74, 6) is 0.681. The Hall–Kier alpha value is -0.220. The molecule has 60 valence electrons. The predicted molar refractivity (Wildman–Crippen MR) is 52.8 cm³/mol. The number of halogens is 2. The number of methoxy groups -OCH3 is 1. The topological polar surface area (TPSA) is 35.2 Å². The fourth-order valence-corrected chi connectivity index (χ4v) is 1.40. The lowest BCUT2D eigenvalue weighted by Crippen LogP contribution is -1.93. The molecule has 2 N–H and O–H groups in total. The van der Waals surface area contributed by atoms with Crippen molar-refractivity contribution in [3.8, 4) is 5.75 Å². The molecule has 0 aliphatic rings. The van der Waals surface area contributed by atoms with E-state index in [0.29, 0.717) is 11.4 Å². The van der Waals surface area contributed by atoms with E-state index in [1.807, 2.05) is 12.1 Å². The maximum absolute atomic E-state index is 5.69. The summed E-state index contributed by atoms with van der Waals surface area (Å²) in [5, 5.41) is 0. The summed E-state index contributed by atoms with van der Waals surface area (Å²) >= 11 is 6.65. The zero-order valence-electron chi connectivity index (χ0n) is 5.90. The highest BCUT2D eigenvalue weighted by Gasteiger charge is 2.05. The summed E-state index contributed by atoms with van der Waals surface area (Å²) in [4.78, 5) is 0. The van der Waals surface area contributed by atoms with E-state index < -0.39 is 0 Å². The van der Waals surface area contributed by atoms with E-state index in [1.54, 1.807) is 7.11 Å². The minimum atomic E-state index is 0.613. The van der Waals surface area contributed by atoms with Crippen molar-refractivity contribution in [3.05, 3.63) is 21.1 Å². The molecule has 11 heavy (non-hydrogen) atoms. The molecule has 0 amide bonds. The fraction of sp³-hybridized carbons (Fsp3) is 0.143. The van der Waals surface area contributed by atoms with E-state index in [9.17, 15) is 0 Å². The van der Waals surface area contributed by atoms with E-state index in [1.165, 1.54) is 0 Å². The Bertz CT molecular complexity index is 275. The highest BCUT2D eigenvalue weighted by atomic mass is 79.9. The van der Waals surface area contributed by atoms with Gasteiger partial charge in [0.05, 0.1) is 17.3 Å². The Kier molecular flexibility index (Phi) is 2.78. The number of benzene rings is 1. The second-order valence-corrected chi connectivity index (χ2v) is 3.62. The molecule has 0 atom stereocenters. The molecule has 1 rings (SSSR count). The Morgan fingerprint density at radius 3 is 2.55 bits per heavy atom. The molecule has 1 aromatic rings. The van der Waals surface area contributed by atoms with Crippen LogP contribution >= 0.6 is 31.9 Å². The first-order valence-electron chi connectivity index (χ1n) is 2.94. The third kappa shape index (κ3) is 1.68. The zero-order chi connectivity index (χ0) is 8.43. The Morgan fingerprint density at radius 1 is 1.36 bits per heavy atom. The van der Waals surface area contributed by atoms with Crippen LogP contribution in [0.1, 0.15) is 0 Å². The molecule has 0 spiro atoms. The fourth-order valence-electron chi connectivity index (χ4n) is 0.727. The van der Waals surface area contributed by atoms with Crippen molar-refractivity contribution in [1.82, 2.24) is 0 Å². The van der Waals surface area contributed by atoms with Gasteiger partial charge >= 0.3 is 0 Å². The van der Waals surface area contributed by atoms with Crippen LogP contribution in [0, 0.1) is 0 Å². The summed E-state index contributed by atoms with van der Waals surface area (Å²) in [6.07, 6.45) is 0. The molecule has 0 aliphatic heterocycles. The Labute approximate surface area is 82.0 Å². The number of ether oxygens (including phenoxy) is 1. The lowest BCUT2D eigenvalue weighted by Gasteiger charge is -2.06. The van der Waals surface area contributed by atoms with Gasteiger partial charge in [0.1, 0.15) is 5.75 Å². The van der Waals surface area contributed by atoms with Crippen LogP contribution in [0.25, 0.3) is 0 Å². The van der Waals surface area contributed by atoms with Crippen molar-refractivity contribution in [2.75, 3.05) is 12.8 Å². The van der Waals surface area contributed by atoms with Crippen LogP contribution in [0.5, 0.6) is 5.75 Å². The second-order valence-electron chi connectivity index (χ2n) is 1.98. The van der Waals surface area contributed by atoms with Crippen molar-refractivity contribution in [2.24, 2.45) is 0 Å². The van der Waals surface area contributed by atoms with Crippen LogP contribution in [-0.4, -0.2) is 7.11 Å². The number of rotatable bonds is 1. The predicted octanol–water partition coefficient (Wildman–Crippen LogP) is 2.80. The number of nitrogens with two attached hydrogens (primary N) is 1. The van der Waals surface area contributed by atoms with Gasteiger partial charge in [0.15, 0.2) is 0 Å². The van der Waals surface area contributed by atoms with Gasteiger partial charge in [-0.15, -0.1) is 0 Å². The van der Waals surface area contributed by atoms with Gasteiger partial charge in [0.25, 0.3) is 0 Å². The second kappa shape index (κ2) is 3.45. The zero-order valence-corrected chi connectivity index (χ0v) is 9.07. The van der Waals surface area contributed by atoms with Crippen molar-refractivity contribution in [3.63, 3.8) is 0 Å². The molecule has 0 saturated carbocycles. The maximum atomic E-state index is 5.69. The average molecular weight is 281 g/mol. The van der Waals surface area contributed by atoms with Crippen LogP contribution in [0.2, 0.25) is 0 Å². The van der Waals surface area contributed by atoms with E-state index in [4.69, 9.17) is 10.5 Å². The van der Waals surface area contributed by atoms with Crippen molar-refractivity contribution < 1.29 is 4.74 Å². The van der Waals surface area contributed by atoms with Gasteiger partial charge in [0, 0.05) is 4.47 Å². The average Bonchev–Trinajstić information content (AvgIpc) is 2.01.